The van der Waals surface area contributed by atoms with Gasteiger partial charge < -0.3 is 9.36 Å². The molecule has 0 saturated carbocycles. The molecule has 2 aromatic heterocycles. The number of aromatic nitrogens is 4. The highest BCUT2D eigenvalue weighted by molar-refractivity contribution is 5.75. The fourth-order valence-electron chi connectivity index (χ4n) is 1.99. The monoisotopic (exact) mass is 300 g/mol. The number of hydrogen-bond donors (Lipinski definition) is 0. The lowest BCUT2D eigenvalue weighted by molar-refractivity contribution is -0.117. The van der Waals surface area contributed by atoms with Gasteiger partial charge in [0.25, 0.3) is 5.56 Å². The topological polar surface area (TPSA) is 78.9 Å². The predicted molar refractivity (Wildman–Crippen MR) is 79.5 cm³/mol. The number of ketones is 1. The van der Waals surface area contributed by atoms with Crippen LogP contribution in [-0.4, -0.2) is 24.5 Å². The molecular weight excluding hydrogens is 272 g/mol. The summed E-state index contributed by atoms with van der Waals surface area (Å²) in [5.41, 5.74) is -3.40. The van der Waals surface area contributed by atoms with Gasteiger partial charge in [0.15, 0.2) is 11.2 Å². The molecule has 2 heterocycles. The molecule has 0 fully saturated rings. The molecule has 0 spiro atoms. The standard InChI is InChI=1S/C14H20N4O3/c1-9(19)7-5-6-8-18-13(20)11-12(17(4)14(18)21)15-10(2)16(11)3/h5-8H2,1-4H3/i3D3,4D3,7D2. The number of fused-ring (bicyclic) bond motifs is 1. The maximum atomic E-state index is 12.9. The molecule has 7 heteroatoms. The number of carbonyl (C=O) groups is 1. The number of hydrogen-bond acceptors (Lipinski definition) is 4. The van der Waals surface area contributed by atoms with Gasteiger partial charge in [0, 0.05) is 37.8 Å². The summed E-state index contributed by atoms with van der Waals surface area (Å²) in [5.74, 6) is -0.892. The average Bonchev–Trinajstić information content (AvgIpc) is 2.85. The van der Waals surface area contributed by atoms with Gasteiger partial charge in [-0.05, 0) is 26.7 Å². The number of Topliss-reactive ketones (excluding diaryl/α,β-unsaturated/α-hetero) is 1. The molecule has 2 aromatic rings. The van der Waals surface area contributed by atoms with Gasteiger partial charge in [0.2, 0.25) is 0 Å². The maximum absolute atomic E-state index is 12.9. The molecule has 114 valence electrons. The maximum Gasteiger partial charge on any atom is 0.332 e. The summed E-state index contributed by atoms with van der Waals surface area (Å²) >= 11 is 0. The van der Waals surface area contributed by atoms with Crippen molar-refractivity contribution in [3.8, 4) is 0 Å². The molecular formula is C14H20N4O3. The highest BCUT2D eigenvalue weighted by Gasteiger charge is 2.16. The molecule has 0 N–H and O–H groups in total. The van der Waals surface area contributed by atoms with Crippen molar-refractivity contribution >= 4 is 16.9 Å². The first-order chi connectivity index (χ1) is 13.0. The summed E-state index contributed by atoms with van der Waals surface area (Å²) in [7, 11) is 0. The summed E-state index contributed by atoms with van der Waals surface area (Å²) in [6.07, 6.45) is -2.61. The Bertz CT molecular complexity index is 1070. The van der Waals surface area contributed by atoms with Gasteiger partial charge >= 0.3 is 5.69 Å². The van der Waals surface area contributed by atoms with E-state index < -0.39 is 55.1 Å². The highest BCUT2D eigenvalue weighted by Crippen LogP contribution is 2.08. The molecule has 2 rings (SSSR count). The molecule has 0 atom stereocenters. The minimum atomic E-state index is -3.04. The number of nitrogens with zero attached hydrogens (tertiary/aromatic N) is 4. The summed E-state index contributed by atoms with van der Waals surface area (Å²) in [6, 6.07) is 0. The number of carbonyl (C=O) groups excluding carboxylic acids is 1. The highest BCUT2D eigenvalue weighted by atomic mass is 16.2. The Morgan fingerprint density at radius 1 is 1.29 bits per heavy atom. The molecule has 7 nitrogen and oxygen atoms in total. The van der Waals surface area contributed by atoms with E-state index in [9.17, 15) is 14.4 Å². The summed E-state index contributed by atoms with van der Waals surface area (Å²) in [6.45, 7) is -3.96. The molecule has 0 aromatic carbocycles. The lowest BCUT2D eigenvalue weighted by Crippen LogP contribution is -2.39. The van der Waals surface area contributed by atoms with Gasteiger partial charge in [-0.25, -0.2) is 9.78 Å². The normalized spacial score (nSPS) is 18.8. The first-order valence-corrected chi connectivity index (χ1v) is 6.27. The minimum Gasteiger partial charge on any atom is -0.325 e. The van der Waals surface area contributed by atoms with Crippen LogP contribution in [0.2, 0.25) is 0 Å². The molecule has 0 aliphatic rings. The van der Waals surface area contributed by atoms with Crippen molar-refractivity contribution in [3.63, 3.8) is 0 Å². The first kappa shape index (κ1) is 7.72. The second kappa shape index (κ2) is 5.67. The van der Waals surface area contributed by atoms with E-state index in [1.165, 1.54) is 6.92 Å². The van der Waals surface area contributed by atoms with Crippen molar-refractivity contribution in [2.24, 2.45) is 14.0 Å². The molecule has 0 radical (unpaired) electrons. The Morgan fingerprint density at radius 3 is 2.62 bits per heavy atom. The summed E-state index contributed by atoms with van der Waals surface area (Å²) in [5, 5.41) is 0. The van der Waals surface area contributed by atoms with Crippen LogP contribution in [0.3, 0.4) is 0 Å². The minimum absolute atomic E-state index is 0.130. The molecule has 0 aliphatic heterocycles. The Hall–Kier alpha value is -2.18. The lowest BCUT2D eigenvalue weighted by atomic mass is 10.2. The van der Waals surface area contributed by atoms with Crippen LogP contribution in [0.4, 0.5) is 0 Å². The Morgan fingerprint density at radius 2 is 2.00 bits per heavy atom. The molecule has 0 aliphatic carbocycles. The summed E-state index contributed by atoms with van der Waals surface area (Å²) in [4.78, 5) is 40.8. The van der Waals surface area contributed by atoms with Crippen molar-refractivity contribution in [2.45, 2.75) is 39.6 Å². The van der Waals surface area contributed by atoms with Gasteiger partial charge in [0.05, 0.1) is 0 Å². The fourth-order valence-corrected chi connectivity index (χ4v) is 1.99. The van der Waals surface area contributed by atoms with E-state index in [4.69, 9.17) is 11.0 Å². The van der Waals surface area contributed by atoms with Gasteiger partial charge in [-0.15, -0.1) is 0 Å². The number of rotatable bonds is 5. The first-order valence-electron chi connectivity index (χ1n) is 10.3. The second-order valence-electron chi connectivity index (χ2n) is 4.58. The van der Waals surface area contributed by atoms with Crippen molar-refractivity contribution in [1.29, 1.82) is 0 Å². The molecule has 0 bridgehead atoms. The quantitative estimate of drug-likeness (QED) is 0.805. The lowest BCUT2D eigenvalue weighted by Gasteiger charge is -2.08. The van der Waals surface area contributed by atoms with E-state index >= 15 is 0 Å². The third-order valence-corrected chi connectivity index (χ3v) is 3.04. The molecule has 0 saturated heterocycles. The van der Waals surface area contributed by atoms with Crippen LogP contribution in [0.1, 0.15) is 42.9 Å². The van der Waals surface area contributed by atoms with Crippen LogP contribution < -0.4 is 11.2 Å². The van der Waals surface area contributed by atoms with Crippen LogP contribution in [0.15, 0.2) is 9.59 Å². The Kier molecular flexibility index (Phi) is 2.08. The van der Waals surface area contributed by atoms with Crippen LogP contribution in [0.25, 0.3) is 11.2 Å². The van der Waals surface area contributed by atoms with Gasteiger partial charge in [-0.3, -0.25) is 13.9 Å². The van der Waals surface area contributed by atoms with Crippen LogP contribution in [-0.2, 0) is 25.3 Å². The third-order valence-electron chi connectivity index (χ3n) is 3.04. The zero-order valence-corrected chi connectivity index (χ0v) is 11.6. The van der Waals surface area contributed by atoms with Crippen LogP contribution in [0.5, 0.6) is 0 Å². The van der Waals surface area contributed by atoms with Crippen molar-refractivity contribution < 1.29 is 15.8 Å². The van der Waals surface area contributed by atoms with E-state index in [1.54, 1.807) is 0 Å². The van der Waals surface area contributed by atoms with E-state index in [2.05, 4.69) is 4.98 Å². The molecule has 0 unspecified atom stereocenters. The number of imidazole rings is 1. The Labute approximate surface area is 133 Å². The van der Waals surface area contributed by atoms with Crippen LogP contribution >= 0.6 is 0 Å². The number of aryl methyl sites for hydroxylation is 3. The van der Waals surface area contributed by atoms with Crippen molar-refractivity contribution in [1.82, 2.24) is 18.7 Å². The average molecular weight is 300 g/mol. The van der Waals surface area contributed by atoms with Crippen molar-refractivity contribution in [2.75, 3.05) is 0 Å². The largest absolute Gasteiger partial charge is 0.332 e. The smallest absolute Gasteiger partial charge is 0.325 e. The van der Waals surface area contributed by atoms with Gasteiger partial charge in [0.1, 0.15) is 11.6 Å². The summed E-state index contributed by atoms with van der Waals surface area (Å²) < 4.78 is 62.3. The van der Waals surface area contributed by atoms with E-state index in [-0.39, 0.29) is 23.2 Å². The zero-order valence-electron chi connectivity index (χ0n) is 19.6. The second-order valence-corrected chi connectivity index (χ2v) is 4.58. The third kappa shape index (κ3) is 2.68. The van der Waals surface area contributed by atoms with Gasteiger partial charge in [-0.2, -0.15) is 0 Å². The predicted octanol–water partition coefficient (Wildman–Crippen LogP) is 0.501. The zero-order chi connectivity index (χ0) is 22.5. The fraction of sp³-hybridized carbons (Fsp3) is 0.571. The van der Waals surface area contributed by atoms with E-state index in [1.807, 2.05) is 0 Å². The SMILES string of the molecule is [2H]C([2H])(CCCn1c(=O)c2c(nc(C)n2C([2H])([2H])[2H])n(C([2H])([2H])[2H])c1=O)C(C)=O. The van der Waals surface area contributed by atoms with E-state index in [0.29, 0.717) is 9.13 Å². The molecule has 21 heavy (non-hydrogen) atoms. The van der Waals surface area contributed by atoms with E-state index in [0.717, 1.165) is 6.92 Å². The van der Waals surface area contributed by atoms with Gasteiger partial charge in [-0.1, -0.05) is 0 Å². The Balaban J connectivity index is 2.76. The van der Waals surface area contributed by atoms with Crippen molar-refractivity contribution in [3.05, 3.63) is 26.7 Å². The molecule has 0 amide bonds. The van der Waals surface area contributed by atoms with Crippen LogP contribution in [0, 0.1) is 6.92 Å².